The van der Waals surface area contributed by atoms with Crippen molar-refractivity contribution in [3.05, 3.63) is 126 Å². The lowest BCUT2D eigenvalue weighted by atomic mass is 9.85. The van der Waals surface area contributed by atoms with E-state index in [2.05, 4.69) is 129 Å². The van der Waals surface area contributed by atoms with Gasteiger partial charge in [-0.15, -0.1) is 0 Å². The average Bonchev–Trinajstić information content (AvgIpc) is 3.77. The van der Waals surface area contributed by atoms with Crippen molar-refractivity contribution in [3.63, 3.8) is 0 Å². The fourth-order valence-electron chi connectivity index (χ4n) is 8.41. The molecule has 6 aromatic heterocycles. The van der Waals surface area contributed by atoms with Crippen molar-refractivity contribution in [2.45, 2.75) is 47.0 Å². The first-order valence-electron chi connectivity index (χ1n) is 17.2. The highest BCUT2D eigenvalue weighted by atomic mass is 16.5. The van der Waals surface area contributed by atoms with Crippen molar-refractivity contribution >= 4 is 65.7 Å². The minimum Gasteiger partial charge on any atom is -0.457 e. The first-order valence-corrected chi connectivity index (χ1v) is 17.2. The fourth-order valence-corrected chi connectivity index (χ4v) is 8.41. The van der Waals surface area contributed by atoms with Crippen LogP contribution in [0, 0.1) is 20.8 Å². The number of hydrogen-bond acceptors (Lipinski definition) is 4. The van der Waals surface area contributed by atoms with Crippen LogP contribution in [-0.2, 0) is 5.41 Å². The molecule has 0 bridgehead atoms. The predicted octanol–water partition coefficient (Wildman–Crippen LogP) is 11.3. The zero-order valence-electron chi connectivity index (χ0n) is 29.0. The number of aromatic nitrogens is 5. The van der Waals surface area contributed by atoms with Gasteiger partial charge in [0.25, 0.3) is 0 Å². The molecule has 0 aliphatic rings. The van der Waals surface area contributed by atoms with Crippen LogP contribution in [0.25, 0.3) is 76.9 Å². The molecule has 0 amide bonds. The number of para-hydroxylation sites is 1. The maximum Gasteiger partial charge on any atom is 0.146 e. The Morgan fingerprint density at radius 1 is 0.640 bits per heavy atom. The minimum atomic E-state index is -0.0148. The van der Waals surface area contributed by atoms with Crippen molar-refractivity contribution in [1.82, 2.24) is 23.8 Å². The largest absolute Gasteiger partial charge is 0.457 e. The predicted molar refractivity (Wildman–Crippen MR) is 205 cm³/mol. The highest BCUT2D eigenvalue weighted by molar-refractivity contribution is 6.23. The van der Waals surface area contributed by atoms with Gasteiger partial charge in [-0.3, -0.25) is 13.8 Å². The van der Waals surface area contributed by atoms with Crippen molar-refractivity contribution in [2.24, 2.45) is 0 Å². The SMILES string of the molecule is Cc1cc(C)c(-c2cn3c4cccnc4c4ccc(Oc5ccc6c7cccc8c9c(C(C)(C)C)ccnc9n(c6c5)c78)cc4c3n2)c(C)c1. The molecule has 10 aromatic rings. The van der Waals surface area contributed by atoms with E-state index in [0.717, 1.165) is 55.8 Å². The third-order valence-corrected chi connectivity index (χ3v) is 10.4. The second-order valence-corrected chi connectivity index (χ2v) is 14.8. The zero-order chi connectivity index (χ0) is 34.1. The van der Waals surface area contributed by atoms with Crippen molar-refractivity contribution < 1.29 is 4.74 Å². The number of hydrogen-bond donors (Lipinski definition) is 0. The Morgan fingerprint density at radius 2 is 1.40 bits per heavy atom. The Balaban J connectivity index is 1.16. The van der Waals surface area contributed by atoms with Crippen LogP contribution in [0.1, 0.15) is 43.0 Å². The normalized spacial score (nSPS) is 12.6. The Bertz CT molecular complexity index is 3010. The molecule has 0 saturated carbocycles. The van der Waals surface area contributed by atoms with E-state index in [0.29, 0.717) is 0 Å². The number of ether oxygens (including phenoxy) is 1. The third-order valence-electron chi connectivity index (χ3n) is 10.4. The smallest absolute Gasteiger partial charge is 0.146 e. The summed E-state index contributed by atoms with van der Waals surface area (Å²) in [6, 6.07) is 30.0. The van der Waals surface area contributed by atoms with E-state index in [9.17, 15) is 0 Å². The molecule has 0 spiro atoms. The minimum absolute atomic E-state index is 0.0148. The van der Waals surface area contributed by atoms with E-state index in [1.165, 1.54) is 54.9 Å². The number of pyridine rings is 3. The summed E-state index contributed by atoms with van der Waals surface area (Å²) in [6.45, 7) is 13.3. The summed E-state index contributed by atoms with van der Waals surface area (Å²) >= 11 is 0. The lowest BCUT2D eigenvalue weighted by molar-refractivity contribution is 0.484. The molecule has 0 saturated heterocycles. The molecule has 0 fully saturated rings. The van der Waals surface area contributed by atoms with Crippen LogP contribution in [0.4, 0.5) is 0 Å². The highest BCUT2D eigenvalue weighted by Gasteiger charge is 2.25. The zero-order valence-corrected chi connectivity index (χ0v) is 29.0. The average molecular weight is 650 g/mol. The molecule has 242 valence electrons. The van der Waals surface area contributed by atoms with Gasteiger partial charge in [0.1, 0.15) is 22.8 Å². The third kappa shape index (κ3) is 3.99. The molecule has 6 heterocycles. The molecule has 0 unspecified atom stereocenters. The maximum atomic E-state index is 6.69. The van der Waals surface area contributed by atoms with Crippen LogP contribution < -0.4 is 4.74 Å². The molecule has 0 aliphatic carbocycles. The van der Waals surface area contributed by atoms with E-state index >= 15 is 0 Å². The Hall–Kier alpha value is -6.01. The van der Waals surface area contributed by atoms with E-state index in [4.69, 9.17) is 19.7 Å². The lowest BCUT2D eigenvalue weighted by Crippen LogP contribution is -2.11. The van der Waals surface area contributed by atoms with Gasteiger partial charge >= 0.3 is 0 Å². The van der Waals surface area contributed by atoms with Gasteiger partial charge < -0.3 is 4.74 Å². The summed E-state index contributed by atoms with van der Waals surface area (Å²) in [5.41, 5.74) is 13.2. The monoisotopic (exact) mass is 649 g/mol. The van der Waals surface area contributed by atoms with Gasteiger partial charge in [0.15, 0.2) is 0 Å². The number of benzene rings is 4. The topological polar surface area (TPSA) is 56.7 Å². The van der Waals surface area contributed by atoms with Crippen molar-refractivity contribution in [3.8, 4) is 22.8 Å². The van der Waals surface area contributed by atoms with Gasteiger partial charge in [-0.2, -0.15) is 0 Å². The lowest BCUT2D eigenvalue weighted by Gasteiger charge is -2.20. The molecule has 4 aromatic carbocycles. The number of aryl methyl sites for hydroxylation is 3. The van der Waals surface area contributed by atoms with Gasteiger partial charge in [0.2, 0.25) is 0 Å². The summed E-state index contributed by atoms with van der Waals surface area (Å²) in [5.74, 6) is 1.51. The van der Waals surface area contributed by atoms with E-state index in [-0.39, 0.29) is 5.41 Å². The van der Waals surface area contributed by atoms with E-state index in [1.54, 1.807) is 0 Å². The quantitative estimate of drug-likeness (QED) is 0.179. The van der Waals surface area contributed by atoms with Crippen LogP contribution in [0.15, 0.2) is 104 Å². The number of imidazole rings is 1. The highest BCUT2D eigenvalue weighted by Crippen LogP contribution is 2.43. The first kappa shape index (κ1) is 29.0. The second kappa shape index (κ2) is 10.0. The molecule has 0 radical (unpaired) electrons. The van der Waals surface area contributed by atoms with Crippen LogP contribution in [-0.4, -0.2) is 23.8 Å². The fraction of sp³-hybridized carbons (Fsp3) is 0.159. The van der Waals surface area contributed by atoms with Gasteiger partial charge in [-0.05, 0) is 91.4 Å². The standard InChI is InChI=1S/C44H35N5O/c1-24-19-25(2)38(26(3)20-24)35-23-48-36-11-8-17-45-40(36)30-15-13-27(21-33(30)42(48)47-35)50-28-12-14-29-31-9-7-10-32-39-34(44(4,5)6)16-18-46-43(39)49(41(31)32)37(29)22-28/h7-23H,1-6H3. The molecular weight excluding hydrogens is 615 g/mol. The summed E-state index contributed by atoms with van der Waals surface area (Å²) < 4.78 is 11.2. The summed E-state index contributed by atoms with van der Waals surface area (Å²) in [6.07, 6.45) is 5.95. The summed E-state index contributed by atoms with van der Waals surface area (Å²) in [7, 11) is 0. The van der Waals surface area contributed by atoms with Crippen LogP contribution in [0.5, 0.6) is 11.5 Å². The van der Waals surface area contributed by atoms with Crippen LogP contribution in [0.3, 0.4) is 0 Å². The van der Waals surface area contributed by atoms with Gasteiger partial charge in [0, 0.05) is 62.5 Å². The van der Waals surface area contributed by atoms with Crippen LogP contribution >= 0.6 is 0 Å². The molecule has 50 heavy (non-hydrogen) atoms. The van der Waals surface area contributed by atoms with Gasteiger partial charge in [0.05, 0.1) is 27.8 Å². The molecule has 6 nitrogen and oxygen atoms in total. The van der Waals surface area contributed by atoms with Crippen LogP contribution in [0.2, 0.25) is 0 Å². The molecule has 0 atom stereocenters. The number of rotatable bonds is 3. The number of fused-ring (bicyclic) bond motifs is 12. The van der Waals surface area contributed by atoms with Gasteiger partial charge in [-0.25, -0.2) is 9.97 Å². The number of nitrogens with zero attached hydrogens (tertiary/aromatic N) is 5. The molecule has 0 N–H and O–H groups in total. The Morgan fingerprint density at radius 3 is 2.20 bits per heavy atom. The van der Waals surface area contributed by atoms with Gasteiger partial charge in [-0.1, -0.05) is 56.7 Å². The Kier molecular flexibility index (Phi) is 5.80. The van der Waals surface area contributed by atoms with E-state index in [1.807, 2.05) is 24.5 Å². The summed E-state index contributed by atoms with van der Waals surface area (Å²) in [4.78, 5) is 15.0. The van der Waals surface area contributed by atoms with Crippen molar-refractivity contribution in [2.75, 3.05) is 0 Å². The molecular formula is C44H35N5O. The van der Waals surface area contributed by atoms with Crippen molar-refractivity contribution in [1.29, 1.82) is 0 Å². The molecule has 0 aliphatic heterocycles. The molecule has 10 rings (SSSR count). The maximum absolute atomic E-state index is 6.69. The first-order chi connectivity index (χ1) is 24.2. The van der Waals surface area contributed by atoms with E-state index < -0.39 is 0 Å². The second-order valence-electron chi connectivity index (χ2n) is 14.8. The summed E-state index contributed by atoms with van der Waals surface area (Å²) in [5, 5.41) is 6.91. The molecule has 6 heteroatoms. The Labute approximate surface area is 288 Å².